The quantitative estimate of drug-likeness (QED) is 0.911. The number of aromatic nitrogens is 2. The van der Waals surface area contributed by atoms with Gasteiger partial charge >= 0.3 is 0 Å². The molecule has 1 saturated carbocycles. The molecule has 124 valence electrons. The molecule has 2 aromatic rings. The van der Waals surface area contributed by atoms with Crippen LogP contribution in [0.1, 0.15) is 36.0 Å². The molecule has 3 rings (SSSR count). The maximum atomic E-state index is 12.8. The van der Waals surface area contributed by atoms with E-state index >= 15 is 0 Å². The number of nitrogens with zero attached hydrogens (tertiary/aromatic N) is 3. The van der Waals surface area contributed by atoms with Crippen molar-refractivity contribution in [1.82, 2.24) is 14.9 Å². The molecular formula is C18H20N4O2. The summed E-state index contributed by atoms with van der Waals surface area (Å²) in [6, 6.07) is 9.63. The molecule has 24 heavy (non-hydrogen) atoms. The second-order valence-electron chi connectivity index (χ2n) is 6.00. The molecule has 0 atom stereocenters. The number of primary amides is 1. The van der Waals surface area contributed by atoms with Crippen molar-refractivity contribution in [1.29, 1.82) is 0 Å². The van der Waals surface area contributed by atoms with Crippen molar-refractivity contribution < 1.29 is 9.59 Å². The second-order valence-corrected chi connectivity index (χ2v) is 6.00. The average Bonchev–Trinajstić information content (AvgIpc) is 3.14. The zero-order valence-electron chi connectivity index (χ0n) is 13.4. The molecule has 1 heterocycles. The summed E-state index contributed by atoms with van der Waals surface area (Å²) >= 11 is 0. The Morgan fingerprint density at radius 3 is 2.29 bits per heavy atom. The summed E-state index contributed by atoms with van der Waals surface area (Å²) in [6.45, 7) is -0.0655. The summed E-state index contributed by atoms with van der Waals surface area (Å²) in [6.07, 6.45) is 6.97. The molecule has 6 nitrogen and oxygen atoms in total. The van der Waals surface area contributed by atoms with Gasteiger partial charge < -0.3 is 10.6 Å². The highest BCUT2D eigenvalue weighted by Crippen LogP contribution is 2.24. The number of carbonyl (C=O) groups is 2. The third-order valence-electron chi connectivity index (χ3n) is 4.28. The molecule has 0 unspecified atom stereocenters. The van der Waals surface area contributed by atoms with E-state index in [1.165, 1.54) is 12.4 Å². The molecule has 2 N–H and O–H groups in total. The predicted octanol–water partition coefficient (Wildman–Crippen LogP) is 2.01. The summed E-state index contributed by atoms with van der Waals surface area (Å²) < 4.78 is 0. The van der Waals surface area contributed by atoms with Crippen molar-refractivity contribution in [2.75, 3.05) is 6.54 Å². The molecule has 1 fully saturated rings. The average molecular weight is 324 g/mol. The highest BCUT2D eigenvalue weighted by molar-refractivity contribution is 5.96. The lowest BCUT2D eigenvalue weighted by atomic mass is 10.1. The van der Waals surface area contributed by atoms with Gasteiger partial charge in [0.2, 0.25) is 5.91 Å². The minimum absolute atomic E-state index is 0.0655. The van der Waals surface area contributed by atoms with Gasteiger partial charge in [-0.15, -0.1) is 0 Å². The maximum Gasteiger partial charge on any atom is 0.257 e. The smallest absolute Gasteiger partial charge is 0.257 e. The molecule has 1 aromatic heterocycles. The summed E-state index contributed by atoms with van der Waals surface area (Å²) in [7, 11) is 0. The van der Waals surface area contributed by atoms with E-state index in [4.69, 9.17) is 5.73 Å². The van der Waals surface area contributed by atoms with Gasteiger partial charge in [0.15, 0.2) is 5.82 Å². The van der Waals surface area contributed by atoms with Crippen LogP contribution in [0.5, 0.6) is 0 Å². The van der Waals surface area contributed by atoms with Gasteiger partial charge in [-0.2, -0.15) is 0 Å². The SMILES string of the molecule is NC(=O)CN(C(=O)c1cnc(-c2ccccc2)nc1)C1CCCC1. The fraction of sp³-hybridized carbons (Fsp3) is 0.333. The van der Waals surface area contributed by atoms with Gasteiger partial charge in [-0.25, -0.2) is 9.97 Å². The molecule has 0 spiro atoms. The molecule has 0 radical (unpaired) electrons. The van der Waals surface area contributed by atoms with Gasteiger partial charge in [-0.1, -0.05) is 43.2 Å². The zero-order valence-corrected chi connectivity index (χ0v) is 13.4. The normalized spacial score (nSPS) is 14.5. The minimum atomic E-state index is -0.503. The Labute approximate surface area is 140 Å². The monoisotopic (exact) mass is 324 g/mol. The number of hydrogen-bond donors (Lipinski definition) is 1. The Bertz CT molecular complexity index is 710. The Hall–Kier alpha value is -2.76. The third-order valence-corrected chi connectivity index (χ3v) is 4.28. The van der Waals surface area contributed by atoms with E-state index in [-0.39, 0.29) is 18.5 Å². The Balaban J connectivity index is 1.80. The molecule has 1 aromatic carbocycles. The van der Waals surface area contributed by atoms with E-state index in [1.807, 2.05) is 30.3 Å². The van der Waals surface area contributed by atoms with E-state index in [0.717, 1.165) is 31.2 Å². The topological polar surface area (TPSA) is 89.2 Å². The van der Waals surface area contributed by atoms with Gasteiger partial charge in [0.25, 0.3) is 5.91 Å². The first kappa shape index (κ1) is 16.1. The van der Waals surface area contributed by atoms with Crippen LogP contribution in [0.3, 0.4) is 0 Å². The molecule has 2 amide bonds. The van der Waals surface area contributed by atoms with Gasteiger partial charge in [0.1, 0.15) is 0 Å². The standard InChI is InChI=1S/C18H20N4O2/c19-16(23)12-22(15-8-4-5-9-15)18(24)14-10-20-17(21-11-14)13-6-2-1-3-7-13/h1-3,6-7,10-11,15H,4-5,8-9,12H2,(H2,19,23). The predicted molar refractivity (Wildman–Crippen MR) is 90.0 cm³/mol. The minimum Gasteiger partial charge on any atom is -0.368 e. The van der Waals surface area contributed by atoms with Crippen LogP contribution in [0, 0.1) is 0 Å². The van der Waals surface area contributed by atoms with Crippen molar-refractivity contribution in [3.8, 4) is 11.4 Å². The fourth-order valence-electron chi connectivity index (χ4n) is 3.09. The highest BCUT2D eigenvalue weighted by atomic mass is 16.2. The largest absolute Gasteiger partial charge is 0.368 e. The number of benzene rings is 1. The van der Waals surface area contributed by atoms with E-state index in [9.17, 15) is 9.59 Å². The first-order chi connectivity index (χ1) is 11.6. The van der Waals surface area contributed by atoms with Crippen molar-refractivity contribution in [3.63, 3.8) is 0 Å². The van der Waals surface area contributed by atoms with Crippen LogP contribution < -0.4 is 5.73 Å². The Morgan fingerprint density at radius 2 is 1.71 bits per heavy atom. The summed E-state index contributed by atoms with van der Waals surface area (Å²) in [5.74, 6) is -0.174. The molecule has 1 aliphatic rings. The van der Waals surface area contributed by atoms with Gasteiger partial charge in [0.05, 0.1) is 12.1 Å². The zero-order chi connectivity index (χ0) is 16.9. The summed E-state index contributed by atoms with van der Waals surface area (Å²) in [5.41, 5.74) is 6.58. The molecule has 0 saturated heterocycles. The number of carbonyl (C=O) groups excluding carboxylic acids is 2. The van der Waals surface area contributed by atoms with E-state index < -0.39 is 5.91 Å². The van der Waals surface area contributed by atoms with Gasteiger partial charge in [-0.3, -0.25) is 9.59 Å². The molecule has 0 bridgehead atoms. The number of nitrogens with two attached hydrogens (primary N) is 1. The van der Waals surface area contributed by atoms with Gasteiger partial charge in [-0.05, 0) is 12.8 Å². The van der Waals surface area contributed by atoms with Crippen LogP contribution in [0.2, 0.25) is 0 Å². The lowest BCUT2D eigenvalue weighted by Gasteiger charge is -2.27. The van der Waals surface area contributed by atoms with E-state index in [1.54, 1.807) is 4.90 Å². The van der Waals surface area contributed by atoms with Crippen LogP contribution in [-0.4, -0.2) is 39.3 Å². The first-order valence-corrected chi connectivity index (χ1v) is 8.12. The lowest BCUT2D eigenvalue weighted by Crippen LogP contribution is -2.44. The number of amides is 2. The van der Waals surface area contributed by atoms with Crippen LogP contribution in [0.15, 0.2) is 42.7 Å². The van der Waals surface area contributed by atoms with Crippen molar-refractivity contribution in [2.24, 2.45) is 5.73 Å². The van der Waals surface area contributed by atoms with Crippen molar-refractivity contribution in [3.05, 3.63) is 48.3 Å². The number of rotatable bonds is 5. The van der Waals surface area contributed by atoms with Gasteiger partial charge in [0, 0.05) is 24.0 Å². The molecule has 1 aliphatic carbocycles. The fourth-order valence-corrected chi connectivity index (χ4v) is 3.09. The second kappa shape index (κ2) is 7.21. The van der Waals surface area contributed by atoms with E-state index in [2.05, 4.69) is 9.97 Å². The van der Waals surface area contributed by atoms with Crippen LogP contribution in [-0.2, 0) is 4.79 Å². The van der Waals surface area contributed by atoms with Crippen molar-refractivity contribution >= 4 is 11.8 Å². The molecule has 0 aliphatic heterocycles. The van der Waals surface area contributed by atoms with Crippen LogP contribution >= 0.6 is 0 Å². The molecular weight excluding hydrogens is 304 g/mol. The lowest BCUT2D eigenvalue weighted by molar-refractivity contribution is -0.119. The number of hydrogen-bond acceptors (Lipinski definition) is 4. The third kappa shape index (κ3) is 3.59. The summed E-state index contributed by atoms with van der Waals surface area (Å²) in [5, 5.41) is 0. The Morgan fingerprint density at radius 1 is 1.08 bits per heavy atom. The highest BCUT2D eigenvalue weighted by Gasteiger charge is 2.28. The molecule has 6 heteroatoms. The van der Waals surface area contributed by atoms with E-state index in [0.29, 0.717) is 11.4 Å². The van der Waals surface area contributed by atoms with Crippen molar-refractivity contribution in [2.45, 2.75) is 31.7 Å². The Kier molecular flexibility index (Phi) is 4.84. The maximum absolute atomic E-state index is 12.8. The van der Waals surface area contributed by atoms with Crippen LogP contribution in [0.4, 0.5) is 0 Å². The van der Waals surface area contributed by atoms with Crippen LogP contribution in [0.25, 0.3) is 11.4 Å². The summed E-state index contributed by atoms with van der Waals surface area (Å²) in [4.78, 5) is 34.2. The first-order valence-electron chi connectivity index (χ1n) is 8.12.